The molecule has 0 radical (unpaired) electrons. The van der Waals surface area contributed by atoms with Gasteiger partial charge >= 0.3 is 0 Å². The topological polar surface area (TPSA) is 33.1 Å². The number of nitrogens with zero attached hydrogens (tertiary/aromatic N) is 1. The van der Waals surface area contributed by atoms with Gasteiger partial charge in [-0.15, -0.1) is 11.3 Å². The highest BCUT2D eigenvalue weighted by Crippen LogP contribution is 2.54. The minimum Gasteiger partial charge on any atom is -0.396 e. The number of aryl methyl sites for hydroxylation is 1. The number of aliphatic hydroxyl groups excluding tert-OH is 1. The highest BCUT2D eigenvalue weighted by molar-refractivity contribution is 7.09. The van der Waals surface area contributed by atoms with Crippen molar-refractivity contribution in [2.75, 3.05) is 6.61 Å². The molecule has 1 aliphatic rings. The van der Waals surface area contributed by atoms with Crippen LogP contribution >= 0.6 is 11.3 Å². The zero-order chi connectivity index (χ0) is 12.5. The van der Waals surface area contributed by atoms with Crippen LogP contribution < -0.4 is 0 Å². The van der Waals surface area contributed by atoms with E-state index in [0.717, 1.165) is 17.1 Å². The summed E-state index contributed by atoms with van der Waals surface area (Å²) >= 11 is 1.70. The SMILES string of the molecule is C/C(=C\c1csc(C)n1)CC[C@@H]1C[C@]1(C)CO. The quantitative estimate of drug-likeness (QED) is 0.866. The zero-order valence-corrected chi connectivity index (χ0v) is 11.7. The van der Waals surface area contributed by atoms with E-state index in [9.17, 15) is 5.11 Å². The molecule has 3 heteroatoms. The number of hydrogen-bond acceptors (Lipinski definition) is 3. The van der Waals surface area contributed by atoms with Crippen molar-refractivity contribution in [3.05, 3.63) is 21.7 Å². The van der Waals surface area contributed by atoms with Gasteiger partial charge in [0.05, 0.1) is 10.7 Å². The van der Waals surface area contributed by atoms with Gasteiger partial charge < -0.3 is 5.11 Å². The monoisotopic (exact) mass is 251 g/mol. The van der Waals surface area contributed by atoms with Gasteiger partial charge in [0.15, 0.2) is 0 Å². The first-order valence-electron chi connectivity index (χ1n) is 6.24. The Morgan fingerprint density at radius 1 is 1.71 bits per heavy atom. The molecule has 1 N–H and O–H groups in total. The van der Waals surface area contributed by atoms with Crippen molar-refractivity contribution in [3.63, 3.8) is 0 Å². The summed E-state index contributed by atoms with van der Waals surface area (Å²) in [6, 6.07) is 0. The summed E-state index contributed by atoms with van der Waals surface area (Å²) in [5, 5.41) is 12.4. The van der Waals surface area contributed by atoms with Crippen LogP contribution in [0.3, 0.4) is 0 Å². The lowest BCUT2D eigenvalue weighted by Gasteiger charge is -2.06. The molecule has 1 saturated carbocycles. The smallest absolute Gasteiger partial charge is 0.0901 e. The van der Waals surface area contributed by atoms with Crippen LogP contribution in [-0.2, 0) is 0 Å². The Balaban J connectivity index is 1.82. The van der Waals surface area contributed by atoms with Gasteiger partial charge in [-0.25, -0.2) is 4.98 Å². The van der Waals surface area contributed by atoms with Gasteiger partial charge in [0.2, 0.25) is 0 Å². The van der Waals surface area contributed by atoms with Crippen LogP contribution in [-0.4, -0.2) is 16.7 Å². The predicted octanol–water partition coefficient (Wildman–Crippen LogP) is 3.65. The van der Waals surface area contributed by atoms with E-state index in [0.29, 0.717) is 12.5 Å². The molecule has 2 rings (SSSR count). The summed E-state index contributed by atoms with van der Waals surface area (Å²) < 4.78 is 0. The standard InChI is InChI=1S/C14H21NOS/c1-10(6-13-8-17-11(2)15-13)4-5-12-7-14(12,3)9-16/h6,8,12,16H,4-5,7,9H2,1-3H3/b10-6+/t12-,14-/m1/s1. The first-order chi connectivity index (χ1) is 8.03. The predicted molar refractivity (Wildman–Crippen MR) is 73.0 cm³/mol. The van der Waals surface area contributed by atoms with E-state index in [1.165, 1.54) is 18.4 Å². The maximum atomic E-state index is 9.22. The number of rotatable bonds is 5. The van der Waals surface area contributed by atoms with Crippen molar-refractivity contribution in [1.29, 1.82) is 0 Å². The molecule has 1 heterocycles. The van der Waals surface area contributed by atoms with Gasteiger partial charge in [-0.3, -0.25) is 0 Å². The van der Waals surface area contributed by atoms with E-state index in [2.05, 4.69) is 30.3 Å². The number of hydrogen-bond donors (Lipinski definition) is 1. The molecule has 0 saturated heterocycles. The molecule has 1 aliphatic carbocycles. The third-order valence-corrected chi connectivity index (χ3v) is 4.61. The van der Waals surface area contributed by atoms with Crippen molar-refractivity contribution >= 4 is 17.4 Å². The molecule has 0 spiro atoms. The number of thiazole rings is 1. The van der Waals surface area contributed by atoms with Gasteiger partial charge in [0.1, 0.15) is 0 Å². The van der Waals surface area contributed by atoms with Gasteiger partial charge in [-0.05, 0) is 50.5 Å². The van der Waals surface area contributed by atoms with Crippen LogP contribution in [0.15, 0.2) is 11.0 Å². The summed E-state index contributed by atoms with van der Waals surface area (Å²) in [7, 11) is 0. The second-order valence-electron chi connectivity index (χ2n) is 5.53. The lowest BCUT2D eigenvalue weighted by atomic mass is 10.0. The Bertz CT molecular complexity index is 424. The summed E-state index contributed by atoms with van der Waals surface area (Å²) in [5.74, 6) is 0.716. The van der Waals surface area contributed by atoms with E-state index in [1.54, 1.807) is 11.3 Å². The third kappa shape index (κ3) is 3.17. The number of allylic oxidation sites excluding steroid dienone is 1. The van der Waals surface area contributed by atoms with Crippen molar-refractivity contribution in [2.24, 2.45) is 11.3 Å². The van der Waals surface area contributed by atoms with Gasteiger partial charge in [0, 0.05) is 12.0 Å². The molecule has 0 aliphatic heterocycles. The van der Waals surface area contributed by atoms with Crippen LogP contribution in [0.4, 0.5) is 0 Å². The maximum absolute atomic E-state index is 9.22. The highest BCUT2D eigenvalue weighted by Gasteiger charge is 2.48. The molecule has 1 aromatic heterocycles. The summed E-state index contributed by atoms with van der Waals surface area (Å²) in [5.41, 5.74) is 2.70. The Morgan fingerprint density at radius 3 is 3.00 bits per heavy atom. The largest absolute Gasteiger partial charge is 0.396 e. The van der Waals surface area contributed by atoms with Crippen LogP contribution in [0.1, 0.15) is 43.8 Å². The lowest BCUT2D eigenvalue weighted by molar-refractivity contribution is 0.210. The van der Waals surface area contributed by atoms with Crippen LogP contribution in [0, 0.1) is 18.3 Å². The van der Waals surface area contributed by atoms with E-state index in [-0.39, 0.29) is 5.41 Å². The average molecular weight is 251 g/mol. The first-order valence-corrected chi connectivity index (χ1v) is 7.11. The summed E-state index contributed by atoms with van der Waals surface area (Å²) in [4.78, 5) is 4.44. The maximum Gasteiger partial charge on any atom is 0.0901 e. The van der Waals surface area contributed by atoms with Gasteiger partial charge in [-0.2, -0.15) is 0 Å². The fourth-order valence-corrected chi connectivity index (χ4v) is 2.89. The molecular formula is C14H21NOS. The van der Waals surface area contributed by atoms with E-state index >= 15 is 0 Å². The second-order valence-corrected chi connectivity index (χ2v) is 6.60. The molecule has 0 unspecified atom stereocenters. The van der Waals surface area contributed by atoms with Crippen molar-refractivity contribution < 1.29 is 5.11 Å². The average Bonchev–Trinajstić information content (AvgIpc) is 2.78. The van der Waals surface area contributed by atoms with Crippen molar-refractivity contribution in [3.8, 4) is 0 Å². The Morgan fingerprint density at radius 2 is 2.47 bits per heavy atom. The fourth-order valence-electron chi connectivity index (χ4n) is 2.32. The van der Waals surface area contributed by atoms with Crippen LogP contribution in [0.5, 0.6) is 0 Å². The van der Waals surface area contributed by atoms with E-state index in [4.69, 9.17) is 0 Å². The van der Waals surface area contributed by atoms with E-state index < -0.39 is 0 Å². The fraction of sp³-hybridized carbons (Fsp3) is 0.643. The normalized spacial score (nSPS) is 28.5. The molecule has 0 amide bonds. The second kappa shape index (κ2) is 4.91. The molecule has 2 nitrogen and oxygen atoms in total. The molecule has 2 atom stereocenters. The molecule has 17 heavy (non-hydrogen) atoms. The van der Waals surface area contributed by atoms with Gasteiger partial charge in [-0.1, -0.05) is 12.5 Å². The minimum atomic E-state index is 0.220. The van der Waals surface area contributed by atoms with Gasteiger partial charge in [0.25, 0.3) is 0 Å². The molecule has 0 bridgehead atoms. The van der Waals surface area contributed by atoms with Crippen molar-refractivity contribution in [2.45, 2.75) is 40.0 Å². The molecule has 94 valence electrons. The van der Waals surface area contributed by atoms with E-state index in [1.807, 2.05) is 6.92 Å². The van der Waals surface area contributed by atoms with Crippen molar-refractivity contribution in [1.82, 2.24) is 4.98 Å². The zero-order valence-electron chi connectivity index (χ0n) is 10.9. The minimum absolute atomic E-state index is 0.220. The van der Waals surface area contributed by atoms with Crippen LogP contribution in [0.25, 0.3) is 6.08 Å². The Labute approximate surface area is 107 Å². The Kier molecular flexibility index (Phi) is 3.69. The molecule has 0 aromatic carbocycles. The summed E-state index contributed by atoms with van der Waals surface area (Å²) in [6.07, 6.45) is 5.69. The molecule has 1 aromatic rings. The Hall–Kier alpha value is -0.670. The summed E-state index contributed by atoms with van der Waals surface area (Å²) in [6.45, 7) is 6.73. The number of aliphatic hydroxyl groups is 1. The first kappa shape index (κ1) is 12.8. The molecule has 1 fully saturated rings. The third-order valence-electron chi connectivity index (χ3n) is 3.82. The lowest BCUT2D eigenvalue weighted by Crippen LogP contribution is -2.03. The number of aromatic nitrogens is 1. The molecular weight excluding hydrogens is 230 g/mol. The highest BCUT2D eigenvalue weighted by atomic mass is 32.1. The van der Waals surface area contributed by atoms with Crippen LogP contribution in [0.2, 0.25) is 0 Å².